The Kier molecular flexibility index (Phi) is 6.52. The van der Waals surface area contributed by atoms with Crippen LogP contribution in [-0.4, -0.2) is 51.0 Å². The number of aliphatic hydroxyl groups excluding tert-OH is 1. The van der Waals surface area contributed by atoms with Crippen molar-refractivity contribution in [2.45, 2.75) is 76.6 Å². The summed E-state index contributed by atoms with van der Waals surface area (Å²) in [6.07, 6.45) is 1.15. The quantitative estimate of drug-likeness (QED) is 0.349. The molecule has 8 nitrogen and oxygen atoms in total. The number of H-pyrrole nitrogens is 1. The fourth-order valence-electron chi connectivity index (χ4n) is 5.87. The summed E-state index contributed by atoms with van der Waals surface area (Å²) < 4.78 is 20.9. The van der Waals surface area contributed by atoms with Gasteiger partial charge in [0.05, 0.1) is 17.7 Å². The second-order valence-electron chi connectivity index (χ2n) is 11.1. The summed E-state index contributed by atoms with van der Waals surface area (Å²) in [6, 6.07) is 10.4. The molecule has 1 aromatic heterocycles. The van der Waals surface area contributed by atoms with Crippen molar-refractivity contribution in [1.82, 2.24) is 15.2 Å². The number of carbonyl (C=O) groups is 1. The molecule has 194 valence electrons. The topological polar surface area (TPSA) is 118 Å². The number of pyridine rings is 1. The first-order valence-electron chi connectivity index (χ1n) is 12.6. The van der Waals surface area contributed by atoms with Crippen molar-refractivity contribution in [2.75, 3.05) is 0 Å². The van der Waals surface area contributed by atoms with Crippen LogP contribution >= 0.6 is 0 Å². The second-order valence-corrected chi connectivity index (χ2v) is 11.1. The number of likely N-dealkylation sites (tertiary alicyclic amines) is 1. The molecule has 1 aliphatic carbocycles. The smallest absolute Gasteiger partial charge is 0.256 e. The number of ether oxygens (including phenoxy) is 1. The van der Waals surface area contributed by atoms with Crippen LogP contribution in [0.25, 0.3) is 21.7 Å². The number of halogens is 1. The minimum atomic E-state index is -1.24. The zero-order valence-corrected chi connectivity index (χ0v) is 21.1. The fourth-order valence-corrected chi connectivity index (χ4v) is 5.87. The average molecular weight is 507 g/mol. The molecule has 0 radical (unpaired) electrons. The summed E-state index contributed by atoms with van der Waals surface area (Å²) in [4.78, 5) is 30.5. The Morgan fingerprint density at radius 2 is 2.03 bits per heavy atom. The highest BCUT2D eigenvalue weighted by molar-refractivity contribution is 6.05. The molecule has 1 amide bonds. The number of fused-ring (bicyclic) bond motifs is 5. The van der Waals surface area contributed by atoms with Gasteiger partial charge in [-0.2, -0.15) is 5.26 Å². The summed E-state index contributed by atoms with van der Waals surface area (Å²) >= 11 is 0. The van der Waals surface area contributed by atoms with E-state index in [2.05, 4.69) is 16.4 Å². The molecule has 5 rings (SSSR count). The highest BCUT2D eigenvalue weighted by atomic mass is 19.1. The number of aliphatic hydroxyl groups is 1. The van der Waals surface area contributed by atoms with Crippen LogP contribution in [0.15, 0.2) is 41.2 Å². The van der Waals surface area contributed by atoms with Gasteiger partial charge in [-0.15, -0.1) is 0 Å². The lowest BCUT2D eigenvalue weighted by Crippen LogP contribution is -2.57. The molecule has 37 heavy (non-hydrogen) atoms. The molecule has 3 N–H and O–H groups in total. The van der Waals surface area contributed by atoms with E-state index in [1.807, 2.05) is 32.9 Å². The van der Waals surface area contributed by atoms with Gasteiger partial charge in [0.2, 0.25) is 12.3 Å². The van der Waals surface area contributed by atoms with Crippen LogP contribution in [0.4, 0.5) is 4.39 Å². The van der Waals surface area contributed by atoms with E-state index in [-0.39, 0.29) is 35.4 Å². The van der Waals surface area contributed by atoms with Gasteiger partial charge in [-0.25, -0.2) is 9.29 Å². The summed E-state index contributed by atoms with van der Waals surface area (Å²) in [7, 11) is 0. The number of aromatic amines is 1. The summed E-state index contributed by atoms with van der Waals surface area (Å²) in [5.41, 5.74) is -0.171. The van der Waals surface area contributed by atoms with Gasteiger partial charge in [0.15, 0.2) is 0 Å². The first-order chi connectivity index (χ1) is 17.6. The number of benzene rings is 2. The van der Waals surface area contributed by atoms with E-state index >= 15 is 4.39 Å². The zero-order chi connectivity index (χ0) is 26.5. The van der Waals surface area contributed by atoms with E-state index in [1.54, 1.807) is 17.0 Å². The summed E-state index contributed by atoms with van der Waals surface area (Å²) in [5.74, 6) is -0.888. The Bertz CT molecular complexity index is 1460. The van der Waals surface area contributed by atoms with Crippen molar-refractivity contribution in [3.05, 3.63) is 58.1 Å². The minimum absolute atomic E-state index is 0.0260. The number of hydrogen-bond acceptors (Lipinski definition) is 6. The lowest BCUT2D eigenvalue weighted by Gasteiger charge is -2.39. The average Bonchev–Trinajstić information content (AvgIpc) is 3.45. The third-order valence-electron chi connectivity index (χ3n) is 7.41. The Balaban J connectivity index is 1.38. The molecule has 3 aromatic rings. The molecular weight excluding hydrogens is 475 g/mol. The third-order valence-corrected chi connectivity index (χ3v) is 7.41. The van der Waals surface area contributed by atoms with Gasteiger partial charge in [-0.05, 0) is 75.1 Å². The molecule has 5 atom stereocenters. The van der Waals surface area contributed by atoms with Gasteiger partial charge in [-0.1, -0.05) is 18.2 Å². The lowest BCUT2D eigenvalue weighted by atomic mass is 9.96. The zero-order valence-electron chi connectivity index (χ0n) is 21.1. The minimum Gasteiger partial charge on any atom is -0.356 e. The summed E-state index contributed by atoms with van der Waals surface area (Å²) in [6.45, 7) is 5.49. The number of nitrogens with zero attached hydrogens (tertiary/aromatic N) is 2. The molecule has 2 aliphatic rings. The molecule has 2 aromatic carbocycles. The van der Waals surface area contributed by atoms with E-state index in [1.165, 1.54) is 12.1 Å². The van der Waals surface area contributed by atoms with E-state index in [9.17, 15) is 20.0 Å². The van der Waals surface area contributed by atoms with Crippen molar-refractivity contribution in [3.8, 4) is 6.07 Å². The molecule has 2 bridgehead atoms. The fraction of sp³-hybridized carbons (Fsp3) is 0.464. The Labute approximate surface area is 214 Å². The van der Waals surface area contributed by atoms with E-state index < -0.39 is 29.9 Å². The standard InChI is InChI=1S/C28H31FN4O4/c1-28(2,3)37-27(36)33-18-9-8-15(11-18)24(33)26(35)31-17(14-30)10-16-12-21-20(13-22(16)29)19-6-4-5-7-23(19)32-25(21)34/h4-7,12-13,15,17-18,24,27,36H,8-11H2,1-3H3,(H,31,35)(H,32,34)/t15-,17?,18+,24-,27?/m0/s1. The lowest BCUT2D eigenvalue weighted by molar-refractivity contribution is -0.254. The second kappa shape index (κ2) is 9.53. The number of para-hydroxylation sites is 1. The van der Waals surface area contributed by atoms with Gasteiger partial charge in [0, 0.05) is 28.8 Å². The molecule has 2 fully saturated rings. The van der Waals surface area contributed by atoms with Crippen molar-refractivity contribution < 1.29 is 19.0 Å². The van der Waals surface area contributed by atoms with Gasteiger partial charge in [0.1, 0.15) is 11.9 Å². The van der Waals surface area contributed by atoms with Gasteiger partial charge in [0.25, 0.3) is 5.56 Å². The van der Waals surface area contributed by atoms with E-state index in [4.69, 9.17) is 4.74 Å². The molecular formula is C28H31FN4O4. The molecule has 0 spiro atoms. The maximum Gasteiger partial charge on any atom is 0.256 e. The van der Waals surface area contributed by atoms with Gasteiger partial charge < -0.3 is 20.1 Å². The normalized spacial score (nSPS) is 23.3. The van der Waals surface area contributed by atoms with E-state index in [0.29, 0.717) is 16.3 Å². The van der Waals surface area contributed by atoms with Crippen LogP contribution in [0.3, 0.4) is 0 Å². The predicted molar refractivity (Wildman–Crippen MR) is 137 cm³/mol. The van der Waals surface area contributed by atoms with Crippen LogP contribution in [0.2, 0.25) is 0 Å². The number of hydrogen-bond donors (Lipinski definition) is 3. The van der Waals surface area contributed by atoms with Crippen LogP contribution in [0.1, 0.15) is 45.6 Å². The van der Waals surface area contributed by atoms with Crippen molar-refractivity contribution in [3.63, 3.8) is 0 Å². The van der Waals surface area contributed by atoms with Crippen LogP contribution < -0.4 is 10.9 Å². The molecule has 2 unspecified atom stereocenters. The first kappa shape index (κ1) is 25.3. The summed E-state index contributed by atoms with van der Waals surface area (Å²) in [5, 5.41) is 24.8. The van der Waals surface area contributed by atoms with Crippen LogP contribution in [0, 0.1) is 23.1 Å². The number of amides is 1. The molecule has 1 aliphatic heterocycles. The molecule has 2 heterocycles. The molecule has 1 saturated carbocycles. The van der Waals surface area contributed by atoms with Crippen LogP contribution in [-0.2, 0) is 16.0 Å². The maximum atomic E-state index is 15.2. The van der Waals surface area contributed by atoms with Gasteiger partial charge in [-0.3, -0.25) is 9.59 Å². The predicted octanol–water partition coefficient (Wildman–Crippen LogP) is 3.32. The Morgan fingerprint density at radius 1 is 1.27 bits per heavy atom. The third kappa shape index (κ3) is 4.85. The maximum absolute atomic E-state index is 15.2. The SMILES string of the molecule is CC(C)(C)OC(O)N1[C@@H]2CC[C@@H](C2)[C@H]1C(=O)NC(C#N)Cc1cc2c(=O)[nH]c3ccccc3c2cc1F. The number of carbonyl (C=O) groups excluding carboxylic acids is 1. The Hall–Kier alpha value is -3.32. The molecule has 9 heteroatoms. The molecule has 1 saturated heterocycles. The number of aromatic nitrogens is 1. The van der Waals surface area contributed by atoms with Crippen molar-refractivity contribution in [2.24, 2.45) is 5.92 Å². The van der Waals surface area contributed by atoms with Crippen molar-refractivity contribution >= 4 is 27.6 Å². The first-order valence-corrected chi connectivity index (χ1v) is 12.6. The largest absolute Gasteiger partial charge is 0.356 e. The highest BCUT2D eigenvalue weighted by Gasteiger charge is 2.52. The van der Waals surface area contributed by atoms with Crippen LogP contribution in [0.5, 0.6) is 0 Å². The monoisotopic (exact) mass is 506 g/mol. The van der Waals surface area contributed by atoms with Crippen molar-refractivity contribution in [1.29, 1.82) is 5.26 Å². The number of nitriles is 1. The van der Waals surface area contributed by atoms with E-state index in [0.717, 1.165) is 24.6 Å². The van der Waals surface area contributed by atoms with Gasteiger partial charge >= 0.3 is 0 Å². The number of rotatable bonds is 6. The highest BCUT2D eigenvalue weighted by Crippen LogP contribution is 2.44. The number of piperidine rings is 1. The number of nitrogens with one attached hydrogen (secondary N) is 2. The Morgan fingerprint density at radius 3 is 2.76 bits per heavy atom.